The molecule has 0 aliphatic heterocycles. The highest BCUT2D eigenvalue weighted by Crippen LogP contribution is 2.38. The molecule has 9 nitrogen and oxygen atoms in total. The summed E-state index contributed by atoms with van der Waals surface area (Å²) in [5, 5.41) is 0. The minimum Gasteiger partial charge on any atom is -0.756 e. The van der Waals surface area contributed by atoms with E-state index in [2.05, 4.69) is 13.8 Å². The van der Waals surface area contributed by atoms with Crippen LogP contribution >= 0.6 is 7.82 Å². The number of carbonyl (C=O) groups is 1. The SMILES string of the molecule is CCCCCCCCCCC(CCCCCCCC)COCC(COP(=O)([O-])OCC[n+]1ccccc1)OCCCCC(=O)OC. The summed E-state index contributed by atoms with van der Waals surface area (Å²) in [6, 6.07) is 5.63. The van der Waals surface area contributed by atoms with Crippen LogP contribution in [0.3, 0.4) is 0 Å². The van der Waals surface area contributed by atoms with Crippen molar-refractivity contribution < 1.29 is 42.1 Å². The van der Waals surface area contributed by atoms with E-state index in [9.17, 15) is 14.3 Å². The summed E-state index contributed by atoms with van der Waals surface area (Å²) >= 11 is 0. The fourth-order valence-corrected chi connectivity index (χ4v) is 6.11. The van der Waals surface area contributed by atoms with E-state index in [4.69, 9.17) is 23.3 Å². The molecular formula is C36H66NO8P. The third kappa shape index (κ3) is 25.7. The van der Waals surface area contributed by atoms with Crippen molar-refractivity contribution in [1.82, 2.24) is 0 Å². The molecule has 0 aromatic carbocycles. The number of carbonyl (C=O) groups excluding carboxylic acids is 1. The topological polar surface area (TPSA) is 107 Å². The van der Waals surface area contributed by atoms with Gasteiger partial charge in [0.2, 0.25) is 0 Å². The number of hydrogen-bond acceptors (Lipinski definition) is 8. The summed E-state index contributed by atoms with van der Waals surface area (Å²) in [7, 11) is -3.14. The Kier molecular flexibility index (Phi) is 27.6. The summed E-state index contributed by atoms with van der Waals surface area (Å²) in [5.74, 6) is 0.228. The molecule has 0 aliphatic carbocycles. The van der Waals surface area contributed by atoms with E-state index in [1.165, 1.54) is 97.0 Å². The first-order valence-corrected chi connectivity index (χ1v) is 19.7. The van der Waals surface area contributed by atoms with Crippen LogP contribution in [0.5, 0.6) is 0 Å². The van der Waals surface area contributed by atoms with Crippen molar-refractivity contribution in [1.29, 1.82) is 0 Å². The van der Waals surface area contributed by atoms with Crippen LogP contribution in [-0.2, 0) is 39.2 Å². The highest BCUT2D eigenvalue weighted by Gasteiger charge is 2.18. The number of aromatic nitrogens is 1. The third-order valence-electron chi connectivity index (χ3n) is 8.24. The number of nitrogens with zero attached hydrogens (tertiary/aromatic N) is 1. The number of hydrogen-bond donors (Lipinski definition) is 0. The average Bonchev–Trinajstić information content (AvgIpc) is 3.05. The second-order valence-corrected chi connectivity index (χ2v) is 13.8. The van der Waals surface area contributed by atoms with Gasteiger partial charge in [-0.05, 0) is 31.6 Å². The summed E-state index contributed by atoms with van der Waals surface area (Å²) in [5.41, 5.74) is 0. The molecule has 10 heteroatoms. The zero-order chi connectivity index (χ0) is 33.6. The lowest BCUT2D eigenvalue weighted by Gasteiger charge is -2.26. The standard InChI is InChI=1S/C36H66NO8P/c1-4-6-8-10-12-13-15-18-24-34(23-17-14-11-9-7-5-2)31-42-32-35(43-29-22-19-25-36(38)41-3)33-45-46(39,40)44-30-28-37-26-20-16-21-27-37/h16,20-21,26-27,34-35H,4-15,17-19,22-25,28-33H2,1-3H3. The zero-order valence-electron chi connectivity index (χ0n) is 29.4. The van der Waals surface area contributed by atoms with Gasteiger partial charge in [0.25, 0.3) is 7.82 Å². The van der Waals surface area contributed by atoms with Crippen LogP contribution in [0.15, 0.2) is 30.6 Å². The Bertz CT molecular complexity index is 875. The monoisotopic (exact) mass is 671 g/mol. The summed E-state index contributed by atoms with van der Waals surface area (Å²) in [4.78, 5) is 23.9. The molecule has 46 heavy (non-hydrogen) atoms. The smallest absolute Gasteiger partial charge is 0.305 e. The van der Waals surface area contributed by atoms with E-state index < -0.39 is 13.9 Å². The summed E-state index contributed by atoms with van der Waals surface area (Å²) in [6.07, 6.45) is 25.1. The van der Waals surface area contributed by atoms with Crippen molar-refractivity contribution in [2.24, 2.45) is 5.92 Å². The van der Waals surface area contributed by atoms with Crippen molar-refractivity contribution >= 4 is 13.8 Å². The lowest BCUT2D eigenvalue weighted by atomic mass is 9.94. The Hall–Kier alpha value is -1.35. The number of ether oxygens (including phenoxy) is 3. The van der Waals surface area contributed by atoms with Gasteiger partial charge in [0.1, 0.15) is 12.7 Å². The molecule has 1 rings (SSSR count). The van der Waals surface area contributed by atoms with E-state index in [1.54, 1.807) is 0 Å². The fourth-order valence-electron chi connectivity index (χ4n) is 5.38. The van der Waals surface area contributed by atoms with Gasteiger partial charge in [-0.1, -0.05) is 110 Å². The fraction of sp³-hybridized carbons (Fsp3) is 0.833. The molecule has 0 saturated heterocycles. The number of rotatable bonds is 33. The van der Waals surface area contributed by atoms with Crippen molar-refractivity contribution in [3.8, 4) is 0 Å². The van der Waals surface area contributed by atoms with Crippen LogP contribution in [0.4, 0.5) is 0 Å². The highest BCUT2D eigenvalue weighted by molar-refractivity contribution is 7.45. The van der Waals surface area contributed by atoms with Crippen molar-refractivity contribution in [3.63, 3.8) is 0 Å². The van der Waals surface area contributed by atoms with E-state index in [0.29, 0.717) is 44.9 Å². The first kappa shape index (κ1) is 42.7. The van der Waals surface area contributed by atoms with Gasteiger partial charge >= 0.3 is 5.97 Å². The Labute approximate surface area is 280 Å². The second-order valence-electron chi connectivity index (χ2n) is 12.4. The Morgan fingerprint density at radius 2 is 1.30 bits per heavy atom. The Morgan fingerprint density at radius 1 is 0.717 bits per heavy atom. The molecule has 3 atom stereocenters. The number of methoxy groups -OCH3 is 1. The van der Waals surface area contributed by atoms with Gasteiger partial charge in [0, 0.05) is 31.8 Å². The molecule has 0 radical (unpaired) electrons. The van der Waals surface area contributed by atoms with E-state index in [1.807, 2.05) is 35.2 Å². The maximum absolute atomic E-state index is 12.5. The highest BCUT2D eigenvalue weighted by atomic mass is 31.2. The lowest BCUT2D eigenvalue weighted by Crippen LogP contribution is -2.35. The van der Waals surface area contributed by atoms with Crippen molar-refractivity contribution in [2.75, 3.05) is 40.1 Å². The largest absolute Gasteiger partial charge is 0.756 e. The van der Waals surface area contributed by atoms with Gasteiger partial charge in [-0.15, -0.1) is 0 Å². The molecule has 0 fully saturated rings. The minimum atomic E-state index is -4.51. The van der Waals surface area contributed by atoms with Crippen LogP contribution in [0, 0.1) is 5.92 Å². The molecule has 268 valence electrons. The number of esters is 1. The quantitative estimate of drug-likeness (QED) is 0.0319. The van der Waals surface area contributed by atoms with E-state index in [-0.39, 0.29) is 25.8 Å². The molecule has 1 heterocycles. The minimum absolute atomic E-state index is 0.0239. The Balaban J connectivity index is 2.58. The molecule has 0 amide bonds. The number of phosphoric acid groups is 1. The second kappa shape index (κ2) is 29.8. The van der Waals surface area contributed by atoms with Crippen LogP contribution in [0.25, 0.3) is 0 Å². The molecule has 0 N–H and O–H groups in total. The third-order valence-corrected chi connectivity index (χ3v) is 9.20. The molecular weight excluding hydrogens is 605 g/mol. The normalized spacial score (nSPS) is 14.2. The molecule has 0 spiro atoms. The number of unbranched alkanes of at least 4 members (excludes halogenated alkanes) is 13. The maximum Gasteiger partial charge on any atom is 0.305 e. The molecule has 3 unspecified atom stereocenters. The summed E-state index contributed by atoms with van der Waals surface area (Å²) < 4.78 is 41.5. The van der Waals surface area contributed by atoms with Gasteiger partial charge in [-0.3, -0.25) is 9.36 Å². The molecule has 0 bridgehead atoms. The molecule has 1 aromatic rings. The average molecular weight is 672 g/mol. The Morgan fingerprint density at radius 3 is 1.89 bits per heavy atom. The van der Waals surface area contributed by atoms with Crippen LogP contribution in [-0.4, -0.2) is 52.2 Å². The first-order valence-electron chi connectivity index (χ1n) is 18.2. The molecule has 0 saturated carbocycles. The van der Waals surface area contributed by atoms with Crippen molar-refractivity contribution in [2.45, 2.75) is 148 Å². The van der Waals surface area contributed by atoms with Gasteiger partial charge in [0.15, 0.2) is 18.9 Å². The van der Waals surface area contributed by atoms with E-state index >= 15 is 0 Å². The van der Waals surface area contributed by atoms with Crippen LogP contribution < -0.4 is 9.46 Å². The van der Waals surface area contributed by atoms with Crippen LogP contribution in [0.1, 0.15) is 136 Å². The first-order chi connectivity index (χ1) is 22.4. The zero-order valence-corrected chi connectivity index (χ0v) is 30.3. The molecule has 0 aliphatic rings. The van der Waals surface area contributed by atoms with Gasteiger partial charge in [-0.25, -0.2) is 4.57 Å². The van der Waals surface area contributed by atoms with E-state index in [0.717, 1.165) is 12.8 Å². The number of phosphoric ester groups is 1. The van der Waals surface area contributed by atoms with Gasteiger partial charge in [0.05, 0.1) is 20.3 Å². The predicted octanol–water partition coefficient (Wildman–Crippen LogP) is 8.12. The predicted molar refractivity (Wildman–Crippen MR) is 181 cm³/mol. The van der Waals surface area contributed by atoms with Gasteiger partial charge in [-0.2, -0.15) is 0 Å². The van der Waals surface area contributed by atoms with Crippen LogP contribution in [0.2, 0.25) is 0 Å². The van der Waals surface area contributed by atoms with Crippen molar-refractivity contribution in [3.05, 3.63) is 30.6 Å². The molecule has 1 aromatic heterocycles. The maximum atomic E-state index is 12.5. The number of pyridine rings is 1. The lowest BCUT2D eigenvalue weighted by molar-refractivity contribution is -0.697. The van der Waals surface area contributed by atoms with Gasteiger partial charge < -0.3 is 28.2 Å². The summed E-state index contributed by atoms with van der Waals surface area (Å²) in [6.45, 7) is 5.91.